The average Bonchev–Trinajstić information content (AvgIpc) is 2.92. The lowest BCUT2D eigenvalue weighted by Gasteiger charge is -2.03. The molecule has 1 aromatic heterocycles. The van der Waals surface area contributed by atoms with Crippen molar-refractivity contribution in [3.8, 4) is 5.88 Å². The van der Waals surface area contributed by atoms with Crippen molar-refractivity contribution in [3.63, 3.8) is 0 Å². The molecule has 2 aromatic carbocycles. The summed E-state index contributed by atoms with van der Waals surface area (Å²) in [5.74, 6) is -1.43. The molecule has 3 N–H and O–H groups in total. The van der Waals surface area contributed by atoms with E-state index in [0.29, 0.717) is 15.9 Å². The molecule has 0 aliphatic carbocycles. The number of aromatic nitrogens is 1. The van der Waals surface area contributed by atoms with E-state index in [4.69, 9.17) is 23.2 Å². The van der Waals surface area contributed by atoms with Crippen molar-refractivity contribution in [3.05, 3.63) is 58.1 Å². The number of hydrogen-bond acceptors (Lipinski definition) is 4. The Balaban J connectivity index is 1.69. The van der Waals surface area contributed by atoms with E-state index in [2.05, 4.69) is 20.5 Å². The minimum atomic E-state index is -0.693. The summed E-state index contributed by atoms with van der Waals surface area (Å²) in [6, 6.07) is 11.4. The van der Waals surface area contributed by atoms with Gasteiger partial charge in [-0.1, -0.05) is 35.3 Å². The van der Waals surface area contributed by atoms with Gasteiger partial charge in [-0.05, 0) is 30.3 Å². The number of H-pyrrole nitrogens is 1. The zero-order chi connectivity index (χ0) is 18.7. The van der Waals surface area contributed by atoms with Gasteiger partial charge in [-0.25, -0.2) is 0 Å². The number of nitrogens with zero attached hydrogens (tertiary/aromatic N) is 2. The molecule has 26 heavy (non-hydrogen) atoms. The lowest BCUT2D eigenvalue weighted by atomic mass is 10.2. The molecule has 3 rings (SSSR count). The number of aromatic hydroxyl groups is 1. The van der Waals surface area contributed by atoms with Gasteiger partial charge in [0.1, 0.15) is 6.54 Å². The lowest BCUT2D eigenvalue weighted by molar-refractivity contribution is -0.117. The highest BCUT2D eigenvalue weighted by Crippen LogP contribution is 2.36. The molecular weight excluding hydrogens is 379 g/mol. The molecule has 0 aliphatic rings. The maximum atomic E-state index is 12.0. The molecule has 132 valence electrons. The van der Waals surface area contributed by atoms with Crippen LogP contribution in [0.25, 0.3) is 10.9 Å². The fraction of sp³-hybridized carbons (Fsp3) is 0.0588. The Kier molecular flexibility index (Phi) is 5.20. The van der Waals surface area contributed by atoms with E-state index < -0.39 is 11.8 Å². The zero-order valence-corrected chi connectivity index (χ0v) is 14.7. The van der Waals surface area contributed by atoms with Crippen molar-refractivity contribution in [1.29, 1.82) is 0 Å². The van der Waals surface area contributed by atoms with Crippen LogP contribution < -0.4 is 5.32 Å². The average molecular weight is 391 g/mol. The van der Waals surface area contributed by atoms with Crippen molar-refractivity contribution in [2.24, 2.45) is 10.2 Å². The second-order valence-electron chi connectivity index (χ2n) is 5.27. The van der Waals surface area contributed by atoms with E-state index in [1.807, 2.05) is 0 Å². The highest BCUT2D eigenvalue weighted by atomic mass is 35.5. The number of carbonyl (C=O) groups excluding carboxylic acids is 2. The molecule has 0 atom stereocenters. The summed E-state index contributed by atoms with van der Waals surface area (Å²) in [4.78, 5) is 26.5. The third kappa shape index (κ3) is 3.84. The number of hydrogen-bond donors (Lipinski definition) is 3. The highest BCUT2D eigenvalue weighted by molar-refractivity contribution is 6.33. The number of nitrogens with one attached hydrogen (secondary N) is 2. The van der Waals surface area contributed by atoms with Crippen LogP contribution in [0, 0.1) is 0 Å². The molecule has 7 nitrogen and oxygen atoms in total. The number of rotatable bonds is 4. The molecule has 1 heterocycles. The maximum Gasteiger partial charge on any atom is 0.283 e. The van der Waals surface area contributed by atoms with E-state index in [1.54, 1.807) is 36.4 Å². The summed E-state index contributed by atoms with van der Waals surface area (Å²) in [6.45, 7) is -0.364. The van der Waals surface area contributed by atoms with Crippen molar-refractivity contribution in [2.45, 2.75) is 0 Å². The molecule has 0 saturated carbocycles. The second kappa shape index (κ2) is 7.55. The van der Waals surface area contributed by atoms with Gasteiger partial charge in [-0.2, -0.15) is 0 Å². The Labute approximate surface area is 157 Å². The largest absolute Gasteiger partial charge is 0.493 e. The van der Waals surface area contributed by atoms with Crippen molar-refractivity contribution >= 4 is 51.6 Å². The van der Waals surface area contributed by atoms with Gasteiger partial charge in [-0.15, -0.1) is 10.2 Å². The van der Waals surface area contributed by atoms with Gasteiger partial charge < -0.3 is 15.4 Å². The normalized spacial score (nSPS) is 11.2. The first-order valence-electron chi connectivity index (χ1n) is 7.43. The van der Waals surface area contributed by atoms with Crippen LogP contribution in [0.1, 0.15) is 10.4 Å². The Morgan fingerprint density at radius 3 is 2.69 bits per heavy atom. The molecule has 0 radical (unpaired) electrons. The summed E-state index contributed by atoms with van der Waals surface area (Å²) < 4.78 is 0. The first-order chi connectivity index (χ1) is 12.5. The van der Waals surface area contributed by atoms with Crippen molar-refractivity contribution in [1.82, 2.24) is 10.3 Å². The van der Waals surface area contributed by atoms with Crippen LogP contribution in [-0.2, 0) is 4.79 Å². The van der Waals surface area contributed by atoms with Crippen LogP contribution in [0.5, 0.6) is 5.88 Å². The predicted molar refractivity (Wildman–Crippen MR) is 98.3 cm³/mol. The SMILES string of the molecule is O=C(CNC(=O)c1ccccc1Cl)N=Nc1c(O)[nH]c2ccc(Cl)cc12. The van der Waals surface area contributed by atoms with Gasteiger partial charge in [0.2, 0.25) is 5.88 Å². The Bertz CT molecular complexity index is 1030. The van der Waals surface area contributed by atoms with E-state index in [1.165, 1.54) is 6.07 Å². The zero-order valence-electron chi connectivity index (χ0n) is 13.2. The number of fused-ring (bicyclic) bond motifs is 1. The maximum absolute atomic E-state index is 12.0. The van der Waals surface area contributed by atoms with E-state index in [0.717, 1.165) is 0 Å². The van der Waals surface area contributed by atoms with Gasteiger partial charge >= 0.3 is 0 Å². The molecule has 9 heteroatoms. The Hall–Kier alpha value is -2.90. The van der Waals surface area contributed by atoms with E-state index >= 15 is 0 Å². The van der Waals surface area contributed by atoms with Gasteiger partial charge in [0, 0.05) is 10.4 Å². The summed E-state index contributed by atoms with van der Waals surface area (Å²) in [6.07, 6.45) is 0. The Morgan fingerprint density at radius 2 is 1.92 bits per heavy atom. The van der Waals surface area contributed by atoms with Crippen LogP contribution in [0.15, 0.2) is 52.7 Å². The predicted octanol–water partition coefficient (Wildman–Crippen LogP) is 4.22. The second-order valence-corrected chi connectivity index (χ2v) is 6.11. The standard InChI is InChI=1S/C17H12Cl2N4O3/c18-9-5-6-13-11(7-9)15(17(26)21-13)23-22-14(24)8-20-16(25)10-3-1-2-4-12(10)19/h1-7,21,26H,8H2,(H,20,25). The van der Waals surface area contributed by atoms with Crippen molar-refractivity contribution in [2.75, 3.05) is 6.54 Å². The van der Waals surface area contributed by atoms with Gasteiger partial charge in [0.25, 0.3) is 11.8 Å². The monoisotopic (exact) mass is 390 g/mol. The van der Waals surface area contributed by atoms with Gasteiger partial charge in [0.15, 0.2) is 5.69 Å². The number of aromatic amines is 1. The quantitative estimate of drug-likeness (QED) is 0.580. The minimum Gasteiger partial charge on any atom is -0.493 e. The summed E-state index contributed by atoms with van der Waals surface area (Å²) in [7, 11) is 0. The highest BCUT2D eigenvalue weighted by Gasteiger charge is 2.13. The first-order valence-corrected chi connectivity index (χ1v) is 8.19. The van der Waals surface area contributed by atoms with E-state index in [9.17, 15) is 14.7 Å². The fourth-order valence-corrected chi connectivity index (χ4v) is 2.67. The van der Waals surface area contributed by atoms with Crippen LogP contribution in [0.3, 0.4) is 0 Å². The van der Waals surface area contributed by atoms with Crippen LogP contribution in [-0.4, -0.2) is 28.4 Å². The van der Waals surface area contributed by atoms with Crippen LogP contribution >= 0.6 is 23.2 Å². The van der Waals surface area contributed by atoms with Crippen LogP contribution in [0.2, 0.25) is 10.0 Å². The Morgan fingerprint density at radius 1 is 1.15 bits per heavy atom. The summed E-state index contributed by atoms with van der Waals surface area (Å²) in [5.41, 5.74) is 0.941. The molecular formula is C17H12Cl2N4O3. The molecule has 0 bridgehead atoms. The summed E-state index contributed by atoms with van der Waals surface area (Å²) in [5, 5.41) is 20.8. The number of halogens is 2. The topological polar surface area (TPSA) is 107 Å². The number of amides is 2. The first kappa shape index (κ1) is 17.9. The van der Waals surface area contributed by atoms with Gasteiger partial charge in [-0.3, -0.25) is 9.59 Å². The number of benzene rings is 2. The molecule has 2 amide bonds. The third-order valence-electron chi connectivity index (χ3n) is 3.49. The third-order valence-corrected chi connectivity index (χ3v) is 4.06. The fourth-order valence-electron chi connectivity index (χ4n) is 2.27. The molecule has 0 fully saturated rings. The summed E-state index contributed by atoms with van der Waals surface area (Å²) >= 11 is 11.8. The van der Waals surface area contributed by atoms with Gasteiger partial charge in [0.05, 0.1) is 16.1 Å². The molecule has 0 saturated heterocycles. The number of azo groups is 1. The lowest BCUT2D eigenvalue weighted by Crippen LogP contribution is -2.28. The van der Waals surface area contributed by atoms with E-state index in [-0.39, 0.29) is 28.7 Å². The van der Waals surface area contributed by atoms with Crippen molar-refractivity contribution < 1.29 is 14.7 Å². The number of carbonyl (C=O) groups is 2. The molecule has 3 aromatic rings. The van der Waals surface area contributed by atoms with Crippen LogP contribution in [0.4, 0.5) is 5.69 Å². The molecule has 0 spiro atoms. The minimum absolute atomic E-state index is 0.0910. The molecule has 0 unspecified atom stereocenters. The smallest absolute Gasteiger partial charge is 0.283 e. The molecule has 0 aliphatic heterocycles.